The smallest absolute Gasteiger partial charge is 0.301 e. The van der Waals surface area contributed by atoms with E-state index >= 15 is 0 Å². The summed E-state index contributed by atoms with van der Waals surface area (Å²) in [4.78, 5) is 19.5. The highest BCUT2D eigenvalue weighted by molar-refractivity contribution is 7.26. The first kappa shape index (κ1) is 19.7. The van der Waals surface area contributed by atoms with Gasteiger partial charge < -0.3 is 14.1 Å². The van der Waals surface area contributed by atoms with Gasteiger partial charge in [-0.2, -0.15) is 4.98 Å². The summed E-state index contributed by atoms with van der Waals surface area (Å²) < 4.78 is 14.2. The van der Waals surface area contributed by atoms with Gasteiger partial charge in [0.25, 0.3) is 5.56 Å². The zero-order valence-electron chi connectivity index (χ0n) is 18.3. The highest BCUT2D eigenvalue weighted by Crippen LogP contribution is 2.43. The van der Waals surface area contributed by atoms with E-state index in [4.69, 9.17) is 9.15 Å². The van der Waals surface area contributed by atoms with Crippen molar-refractivity contribution in [3.8, 4) is 11.1 Å². The monoisotopic (exact) mass is 464 g/mol. The van der Waals surface area contributed by atoms with E-state index in [2.05, 4.69) is 53.5 Å². The Kier molecular flexibility index (Phi) is 4.43. The third kappa shape index (κ3) is 2.96. The molecule has 0 saturated carbocycles. The molecule has 5 nitrogen and oxygen atoms in total. The SMILES string of the molecule is O=c1nc(N2CCOCC2)oc2c1cc(-c1cccc3c1sc1ccccc13)c1ccccc12. The Hall–Kier alpha value is -3.74. The van der Waals surface area contributed by atoms with Gasteiger partial charge in [0.1, 0.15) is 0 Å². The molecule has 0 aliphatic carbocycles. The maximum atomic E-state index is 13.2. The zero-order chi connectivity index (χ0) is 22.6. The maximum absolute atomic E-state index is 13.2. The number of morpholine rings is 1. The molecule has 0 radical (unpaired) electrons. The van der Waals surface area contributed by atoms with E-state index in [0.29, 0.717) is 43.3 Å². The van der Waals surface area contributed by atoms with Crippen molar-refractivity contribution in [1.82, 2.24) is 4.98 Å². The molecule has 1 aliphatic rings. The molecule has 1 aliphatic heterocycles. The molecule has 2 aromatic heterocycles. The summed E-state index contributed by atoms with van der Waals surface area (Å²) in [6.07, 6.45) is 0. The van der Waals surface area contributed by atoms with Crippen LogP contribution in [0, 0.1) is 0 Å². The molecule has 0 bridgehead atoms. The molecule has 0 spiro atoms. The van der Waals surface area contributed by atoms with Crippen molar-refractivity contribution in [2.75, 3.05) is 31.2 Å². The molecule has 0 atom stereocenters. The zero-order valence-corrected chi connectivity index (χ0v) is 19.1. The number of thiophene rings is 1. The van der Waals surface area contributed by atoms with Crippen LogP contribution in [0.15, 0.2) is 82.0 Å². The van der Waals surface area contributed by atoms with Gasteiger partial charge in [0.2, 0.25) is 0 Å². The fraction of sp³-hybridized carbons (Fsp3) is 0.143. The second-order valence-corrected chi connectivity index (χ2v) is 9.58. The van der Waals surface area contributed by atoms with Gasteiger partial charge in [-0.15, -0.1) is 11.3 Å². The Morgan fingerprint density at radius 3 is 2.35 bits per heavy atom. The number of anilines is 1. The summed E-state index contributed by atoms with van der Waals surface area (Å²) in [7, 11) is 0. The van der Waals surface area contributed by atoms with E-state index in [0.717, 1.165) is 21.9 Å². The number of benzene rings is 4. The van der Waals surface area contributed by atoms with E-state index in [1.165, 1.54) is 20.2 Å². The molecule has 3 heterocycles. The minimum absolute atomic E-state index is 0.265. The first-order chi connectivity index (χ1) is 16.8. The average Bonchev–Trinajstić information content (AvgIpc) is 3.28. The quantitative estimate of drug-likeness (QED) is 0.285. The Bertz CT molecular complexity index is 1780. The van der Waals surface area contributed by atoms with Crippen molar-refractivity contribution in [1.29, 1.82) is 0 Å². The molecule has 6 heteroatoms. The van der Waals surface area contributed by atoms with Crippen LogP contribution in [0.5, 0.6) is 0 Å². The van der Waals surface area contributed by atoms with Gasteiger partial charge in [0.15, 0.2) is 5.58 Å². The van der Waals surface area contributed by atoms with Gasteiger partial charge in [-0.05, 0) is 23.1 Å². The van der Waals surface area contributed by atoms with Crippen LogP contribution in [0.1, 0.15) is 0 Å². The normalized spacial score (nSPS) is 14.5. The molecule has 0 unspecified atom stereocenters. The standard InChI is InChI=1S/C28H20N2O3S/c31-27-23-16-22(21-10-5-9-20-18-7-3-4-11-24(18)34-26(20)21)17-6-1-2-8-19(17)25(23)33-28(29-27)30-12-14-32-15-13-30/h1-11,16H,12-15H2. The van der Waals surface area contributed by atoms with Crippen LogP contribution in [0.2, 0.25) is 0 Å². The van der Waals surface area contributed by atoms with E-state index in [1.807, 2.05) is 29.2 Å². The summed E-state index contributed by atoms with van der Waals surface area (Å²) >= 11 is 1.79. The van der Waals surface area contributed by atoms with Gasteiger partial charge in [0.05, 0.1) is 18.6 Å². The van der Waals surface area contributed by atoms with Gasteiger partial charge in [-0.3, -0.25) is 4.79 Å². The molecule has 0 N–H and O–H groups in total. The van der Waals surface area contributed by atoms with Crippen LogP contribution >= 0.6 is 11.3 Å². The van der Waals surface area contributed by atoms with Gasteiger partial charge in [-0.25, -0.2) is 0 Å². The Morgan fingerprint density at radius 2 is 1.50 bits per heavy atom. The van der Waals surface area contributed by atoms with Crippen LogP contribution in [-0.4, -0.2) is 31.3 Å². The summed E-state index contributed by atoms with van der Waals surface area (Å²) in [5.74, 6) is 0. The molecule has 1 saturated heterocycles. The van der Waals surface area contributed by atoms with E-state index in [-0.39, 0.29) is 5.56 Å². The first-order valence-corrected chi connectivity index (χ1v) is 12.2. The maximum Gasteiger partial charge on any atom is 0.301 e. The van der Waals surface area contributed by atoms with Crippen molar-refractivity contribution < 1.29 is 9.15 Å². The first-order valence-electron chi connectivity index (χ1n) is 11.4. The molecule has 0 amide bonds. The summed E-state index contributed by atoms with van der Waals surface area (Å²) in [5, 5.41) is 4.97. The minimum atomic E-state index is -0.265. The third-order valence-electron chi connectivity index (χ3n) is 6.59. The average molecular weight is 465 g/mol. The lowest BCUT2D eigenvalue weighted by Gasteiger charge is -2.26. The van der Waals surface area contributed by atoms with Crippen molar-refractivity contribution in [2.45, 2.75) is 0 Å². The number of hydrogen-bond donors (Lipinski definition) is 0. The predicted molar refractivity (Wildman–Crippen MR) is 139 cm³/mol. The number of fused-ring (bicyclic) bond motifs is 6. The van der Waals surface area contributed by atoms with Crippen LogP contribution in [0.3, 0.4) is 0 Å². The molecule has 7 rings (SSSR count). The van der Waals surface area contributed by atoms with Gasteiger partial charge in [-0.1, -0.05) is 60.7 Å². The van der Waals surface area contributed by atoms with Crippen molar-refractivity contribution in [3.63, 3.8) is 0 Å². The Labute approximate surface area is 198 Å². The highest BCUT2D eigenvalue weighted by Gasteiger charge is 2.20. The fourth-order valence-electron chi connectivity index (χ4n) is 4.95. The molecule has 4 aromatic carbocycles. The van der Waals surface area contributed by atoms with E-state index in [9.17, 15) is 4.79 Å². The predicted octanol–water partition coefficient (Wildman–Crippen LogP) is 6.21. The number of rotatable bonds is 2. The summed E-state index contributed by atoms with van der Waals surface area (Å²) in [6, 6.07) is 25.4. The van der Waals surface area contributed by atoms with Crippen LogP contribution in [-0.2, 0) is 4.74 Å². The van der Waals surface area contributed by atoms with Crippen LogP contribution in [0.4, 0.5) is 6.01 Å². The van der Waals surface area contributed by atoms with Crippen molar-refractivity contribution >= 4 is 59.3 Å². The molecular weight excluding hydrogens is 444 g/mol. The largest absolute Gasteiger partial charge is 0.424 e. The second-order valence-electron chi connectivity index (χ2n) is 8.53. The third-order valence-corrected chi connectivity index (χ3v) is 7.81. The number of nitrogens with zero attached hydrogens (tertiary/aromatic N) is 2. The number of aromatic nitrogens is 1. The fourth-order valence-corrected chi connectivity index (χ4v) is 6.18. The molecule has 34 heavy (non-hydrogen) atoms. The summed E-state index contributed by atoms with van der Waals surface area (Å²) in [6.45, 7) is 2.52. The highest BCUT2D eigenvalue weighted by atomic mass is 32.1. The van der Waals surface area contributed by atoms with Crippen molar-refractivity contribution in [2.24, 2.45) is 0 Å². The van der Waals surface area contributed by atoms with Crippen molar-refractivity contribution in [3.05, 3.63) is 83.2 Å². The second kappa shape index (κ2) is 7.65. The lowest BCUT2D eigenvalue weighted by Crippen LogP contribution is -2.37. The van der Waals surface area contributed by atoms with E-state index in [1.54, 1.807) is 11.3 Å². The molecule has 6 aromatic rings. The molecular formula is C28H20N2O3S. The molecule has 1 fully saturated rings. The van der Waals surface area contributed by atoms with Crippen LogP contribution < -0.4 is 10.5 Å². The summed E-state index contributed by atoms with van der Waals surface area (Å²) in [5.41, 5.74) is 2.46. The van der Waals surface area contributed by atoms with Crippen LogP contribution in [0.25, 0.3) is 53.0 Å². The van der Waals surface area contributed by atoms with Gasteiger partial charge in [0, 0.05) is 44.2 Å². The molecule has 166 valence electrons. The minimum Gasteiger partial charge on any atom is -0.424 e. The lowest BCUT2D eigenvalue weighted by molar-refractivity contribution is 0.120. The Morgan fingerprint density at radius 1 is 0.765 bits per heavy atom. The van der Waals surface area contributed by atoms with E-state index < -0.39 is 0 Å². The topological polar surface area (TPSA) is 55.6 Å². The van der Waals surface area contributed by atoms with Gasteiger partial charge >= 0.3 is 6.01 Å². The lowest BCUT2D eigenvalue weighted by atomic mass is 9.95. The number of ether oxygens (including phenoxy) is 1. The Balaban J connectivity index is 1.54. The number of hydrogen-bond acceptors (Lipinski definition) is 6.